The second-order valence-electron chi connectivity index (χ2n) is 10.4. The van der Waals surface area contributed by atoms with Crippen LogP contribution in [0.5, 0.6) is 0 Å². The highest BCUT2D eigenvalue weighted by molar-refractivity contribution is 9.10. The zero-order valence-electron chi connectivity index (χ0n) is 22.9. The monoisotopic (exact) mass is 657 g/mol. The number of piperazine rings is 1. The molecule has 10 heteroatoms. The van der Waals surface area contributed by atoms with Crippen molar-refractivity contribution in [3.63, 3.8) is 0 Å². The van der Waals surface area contributed by atoms with Gasteiger partial charge in [-0.15, -0.1) is 0 Å². The van der Waals surface area contributed by atoms with Gasteiger partial charge in [-0.3, -0.25) is 14.5 Å². The van der Waals surface area contributed by atoms with Crippen LogP contribution in [0.15, 0.2) is 76.1 Å². The molecule has 0 aromatic heterocycles. The first-order chi connectivity index (χ1) is 19.7. The van der Waals surface area contributed by atoms with Gasteiger partial charge in [-0.1, -0.05) is 76.9 Å². The summed E-state index contributed by atoms with van der Waals surface area (Å²) in [4.78, 5) is 31.5. The number of halogens is 2. The molecule has 2 heterocycles. The SMILES string of the molecule is CCC(=O)N1CCc2cc(Br)cc(S(=O)(=O)CCC(=O)N3CCN([C@H](c4ccccc4)c4ccc(Cl)cc4)CC3)c21. The first-order valence-electron chi connectivity index (χ1n) is 13.9. The molecule has 1 fully saturated rings. The van der Waals surface area contributed by atoms with E-state index in [2.05, 4.69) is 33.0 Å². The summed E-state index contributed by atoms with van der Waals surface area (Å²) in [5, 5.41) is 0.684. The number of benzene rings is 3. The van der Waals surface area contributed by atoms with Crippen molar-refractivity contribution in [2.75, 3.05) is 43.4 Å². The molecule has 2 aliphatic heterocycles. The molecule has 2 amide bonds. The summed E-state index contributed by atoms with van der Waals surface area (Å²) in [5.74, 6) is -0.589. The van der Waals surface area contributed by atoms with Crippen LogP contribution in [0.25, 0.3) is 0 Å². The molecule has 5 rings (SSSR count). The van der Waals surface area contributed by atoms with Gasteiger partial charge >= 0.3 is 0 Å². The van der Waals surface area contributed by atoms with Crippen molar-refractivity contribution in [2.45, 2.75) is 37.1 Å². The number of rotatable bonds is 8. The second-order valence-corrected chi connectivity index (χ2v) is 13.8. The third-order valence-electron chi connectivity index (χ3n) is 7.85. The van der Waals surface area contributed by atoms with Crippen LogP contribution >= 0.6 is 27.5 Å². The van der Waals surface area contributed by atoms with Gasteiger partial charge in [0.1, 0.15) is 0 Å². The van der Waals surface area contributed by atoms with Crippen LogP contribution in [0.3, 0.4) is 0 Å². The fourth-order valence-corrected chi connectivity index (χ4v) is 8.05. The molecule has 0 radical (unpaired) electrons. The first kappa shape index (κ1) is 29.8. The Morgan fingerprint density at radius 3 is 2.22 bits per heavy atom. The zero-order chi connectivity index (χ0) is 29.1. The highest BCUT2D eigenvalue weighted by atomic mass is 79.9. The summed E-state index contributed by atoms with van der Waals surface area (Å²) in [7, 11) is -3.81. The van der Waals surface area contributed by atoms with Gasteiger partial charge in [-0.25, -0.2) is 8.42 Å². The van der Waals surface area contributed by atoms with Gasteiger partial charge < -0.3 is 9.80 Å². The van der Waals surface area contributed by atoms with Crippen LogP contribution in [0, 0.1) is 0 Å². The predicted octanol–water partition coefficient (Wildman–Crippen LogP) is 5.50. The molecule has 0 unspecified atom stereocenters. The highest BCUT2D eigenvalue weighted by Gasteiger charge is 2.33. The standard InChI is InChI=1S/C31H33BrClN3O4S/c1-2-28(37)36-14-12-24-20-25(32)21-27(31(24)36)41(39,40)19-13-29(38)34-15-17-35(18-16-34)30(22-6-4-3-5-7-22)23-8-10-26(33)11-9-23/h3-11,20-21,30H,2,12-19H2,1H3/t30-/m1/s1. The summed E-state index contributed by atoms with van der Waals surface area (Å²) in [6, 6.07) is 21.6. The van der Waals surface area contributed by atoms with Crippen LogP contribution in [0.2, 0.25) is 5.02 Å². The number of fused-ring (bicyclic) bond motifs is 1. The fraction of sp³-hybridized carbons (Fsp3) is 0.355. The van der Waals surface area contributed by atoms with Gasteiger partial charge in [-0.05, 0) is 47.4 Å². The van der Waals surface area contributed by atoms with Crippen LogP contribution in [-0.2, 0) is 25.8 Å². The molecule has 0 aliphatic carbocycles. The maximum Gasteiger partial charge on any atom is 0.226 e. The van der Waals surface area contributed by atoms with Crippen molar-refractivity contribution in [3.8, 4) is 0 Å². The quantitative estimate of drug-likeness (QED) is 0.320. The molecule has 0 spiro atoms. The average Bonchev–Trinajstić information content (AvgIpc) is 3.41. The van der Waals surface area contributed by atoms with Gasteiger partial charge in [0.15, 0.2) is 9.84 Å². The van der Waals surface area contributed by atoms with Crippen molar-refractivity contribution in [1.82, 2.24) is 9.80 Å². The van der Waals surface area contributed by atoms with Gasteiger partial charge in [-0.2, -0.15) is 0 Å². The fourth-order valence-electron chi connectivity index (χ4n) is 5.76. The lowest BCUT2D eigenvalue weighted by Crippen LogP contribution is -2.50. The van der Waals surface area contributed by atoms with Crippen molar-refractivity contribution < 1.29 is 18.0 Å². The van der Waals surface area contributed by atoms with Crippen LogP contribution in [0.4, 0.5) is 5.69 Å². The van der Waals surface area contributed by atoms with E-state index in [4.69, 9.17) is 11.6 Å². The minimum absolute atomic E-state index is 0.0264. The van der Waals surface area contributed by atoms with E-state index in [1.807, 2.05) is 48.5 Å². The lowest BCUT2D eigenvalue weighted by atomic mass is 9.96. The van der Waals surface area contributed by atoms with Gasteiger partial charge in [0, 0.05) is 55.1 Å². The Morgan fingerprint density at radius 1 is 0.902 bits per heavy atom. The van der Waals surface area contributed by atoms with Gasteiger partial charge in [0.25, 0.3) is 0 Å². The minimum Gasteiger partial charge on any atom is -0.340 e. The minimum atomic E-state index is -3.81. The number of nitrogens with zero attached hydrogens (tertiary/aromatic N) is 3. The van der Waals surface area contributed by atoms with Gasteiger partial charge in [0.05, 0.1) is 22.4 Å². The summed E-state index contributed by atoms with van der Waals surface area (Å²) < 4.78 is 27.7. The lowest BCUT2D eigenvalue weighted by Gasteiger charge is -2.40. The second kappa shape index (κ2) is 12.7. The number of carbonyl (C=O) groups excluding carboxylic acids is 2. The van der Waals surface area contributed by atoms with Crippen molar-refractivity contribution in [3.05, 3.63) is 92.9 Å². The Morgan fingerprint density at radius 2 is 1.56 bits per heavy atom. The van der Waals surface area contributed by atoms with Crippen LogP contribution < -0.4 is 4.90 Å². The Balaban J connectivity index is 1.26. The molecule has 2 aliphatic rings. The summed E-state index contributed by atoms with van der Waals surface area (Å²) in [5.41, 5.74) is 3.59. The highest BCUT2D eigenvalue weighted by Crippen LogP contribution is 2.38. The third-order valence-corrected chi connectivity index (χ3v) is 10.3. The van der Waals surface area contributed by atoms with Crippen molar-refractivity contribution in [1.29, 1.82) is 0 Å². The van der Waals surface area contributed by atoms with E-state index in [9.17, 15) is 18.0 Å². The van der Waals surface area contributed by atoms with E-state index < -0.39 is 9.84 Å². The topological polar surface area (TPSA) is 78.0 Å². The number of anilines is 1. The molecule has 41 heavy (non-hydrogen) atoms. The number of carbonyl (C=O) groups is 2. The first-order valence-corrected chi connectivity index (χ1v) is 16.7. The van der Waals surface area contributed by atoms with Crippen LogP contribution in [0.1, 0.15) is 42.5 Å². The largest absolute Gasteiger partial charge is 0.340 e. The lowest BCUT2D eigenvalue weighted by molar-refractivity contribution is -0.132. The van der Waals surface area contributed by atoms with E-state index in [0.717, 1.165) is 16.7 Å². The smallest absolute Gasteiger partial charge is 0.226 e. The maximum atomic E-state index is 13.5. The van der Waals surface area contributed by atoms with E-state index in [1.54, 1.807) is 22.8 Å². The molecule has 1 saturated heterocycles. The summed E-state index contributed by atoms with van der Waals surface area (Å²) in [6.45, 7) is 4.58. The van der Waals surface area contributed by atoms with E-state index in [1.165, 1.54) is 0 Å². The third kappa shape index (κ3) is 6.53. The molecule has 0 saturated carbocycles. The molecule has 3 aromatic carbocycles. The number of amides is 2. The molecular formula is C31H33BrClN3O4S. The Bertz CT molecular complexity index is 1520. The number of hydrogen-bond donors (Lipinski definition) is 0. The van der Waals surface area contributed by atoms with Crippen molar-refractivity contribution in [2.24, 2.45) is 0 Å². The average molecular weight is 659 g/mol. The Kier molecular flexibility index (Phi) is 9.18. The summed E-state index contributed by atoms with van der Waals surface area (Å²) in [6.07, 6.45) is 0.791. The van der Waals surface area contributed by atoms with Crippen LogP contribution in [-0.4, -0.2) is 68.5 Å². The molecule has 0 N–H and O–H groups in total. The van der Waals surface area contributed by atoms with E-state index in [-0.39, 0.29) is 34.9 Å². The van der Waals surface area contributed by atoms with E-state index >= 15 is 0 Å². The summed E-state index contributed by atoms with van der Waals surface area (Å²) >= 11 is 9.57. The maximum absolute atomic E-state index is 13.5. The Hall–Kier alpha value is -2.72. The molecule has 0 bridgehead atoms. The normalized spacial score (nSPS) is 16.5. The molecule has 3 aromatic rings. The predicted molar refractivity (Wildman–Crippen MR) is 165 cm³/mol. The van der Waals surface area contributed by atoms with Crippen molar-refractivity contribution >= 4 is 54.9 Å². The molecule has 7 nitrogen and oxygen atoms in total. The Labute approximate surface area is 255 Å². The number of sulfone groups is 1. The number of hydrogen-bond acceptors (Lipinski definition) is 5. The molecule has 1 atom stereocenters. The molecule has 216 valence electrons. The zero-order valence-corrected chi connectivity index (χ0v) is 26.1. The van der Waals surface area contributed by atoms with E-state index in [0.29, 0.717) is 60.7 Å². The van der Waals surface area contributed by atoms with Gasteiger partial charge in [0.2, 0.25) is 11.8 Å². The molecular weight excluding hydrogens is 626 g/mol.